The molecular formula is C29H41N5O2. The predicted molar refractivity (Wildman–Crippen MR) is 147 cm³/mol. The van der Waals surface area contributed by atoms with E-state index in [4.69, 9.17) is 5.73 Å². The summed E-state index contributed by atoms with van der Waals surface area (Å²) in [5.41, 5.74) is 10.1. The number of nitrogens with zero attached hydrogens (tertiary/aromatic N) is 3. The van der Waals surface area contributed by atoms with Gasteiger partial charge in [-0.15, -0.1) is 0 Å². The number of anilines is 3. The number of piperidine rings is 2. The Morgan fingerprint density at radius 1 is 0.778 bits per heavy atom. The number of nitrogens with one attached hydrogen (secondary N) is 1. The van der Waals surface area contributed by atoms with Crippen molar-refractivity contribution in [2.24, 2.45) is 5.92 Å². The number of carbonyl (C=O) groups excluding carboxylic acids is 2. The summed E-state index contributed by atoms with van der Waals surface area (Å²) in [5.74, 6) is 0.222. The summed E-state index contributed by atoms with van der Waals surface area (Å²) < 4.78 is 0. The van der Waals surface area contributed by atoms with E-state index in [9.17, 15) is 9.59 Å². The fraction of sp³-hybridized carbons (Fsp3) is 0.517. The third kappa shape index (κ3) is 6.38. The summed E-state index contributed by atoms with van der Waals surface area (Å²) >= 11 is 0. The number of piperazine rings is 1. The van der Waals surface area contributed by atoms with E-state index < -0.39 is 0 Å². The zero-order valence-corrected chi connectivity index (χ0v) is 21.8. The van der Waals surface area contributed by atoms with Gasteiger partial charge in [0.25, 0.3) is 0 Å². The Hall–Kier alpha value is -3.06. The van der Waals surface area contributed by atoms with Gasteiger partial charge in [-0.1, -0.05) is 26.0 Å². The lowest BCUT2D eigenvalue weighted by atomic mass is 9.90. The van der Waals surface area contributed by atoms with Crippen LogP contribution in [-0.2, 0) is 9.59 Å². The van der Waals surface area contributed by atoms with Crippen LogP contribution in [0.1, 0.15) is 51.0 Å². The Kier molecular flexibility index (Phi) is 8.86. The topological polar surface area (TPSA) is 81.9 Å². The maximum absolute atomic E-state index is 12.1. The van der Waals surface area contributed by atoms with E-state index in [1.54, 1.807) is 0 Å². The van der Waals surface area contributed by atoms with Crippen molar-refractivity contribution in [3.8, 4) is 0 Å². The van der Waals surface area contributed by atoms with Gasteiger partial charge in [-0.2, -0.15) is 0 Å². The van der Waals surface area contributed by atoms with Gasteiger partial charge in [0.15, 0.2) is 0 Å². The molecule has 3 saturated heterocycles. The van der Waals surface area contributed by atoms with Gasteiger partial charge in [0.2, 0.25) is 11.8 Å². The number of amides is 2. The molecule has 5 rings (SSSR count). The lowest BCUT2D eigenvalue weighted by Crippen LogP contribution is -2.49. The molecule has 36 heavy (non-hydrogen) atoms. The molecule has 2 aromatic rings. The molecule has 1 atom stereocenters. The Bertz CT molecular complexity index is 991. The number of hydrogen-bond acceptors (Lipinski definition) is 6. The van der Waals surface area contributed by atoms with Crippen molar-refractivity contribution in [1.29, 1.82) is 0 Å². The zero-order chi connectivity index (χ0) is 25.5. The smallest absolute Gasteiger partial charge is 0.234 e. The van der Waals surface area contributed by atoms with E-state index in [0.29, 0.717) is 12.8 Å². The van der Waals surface area contributed by atoms with Gasteiger partial charge < -0.3 is 15.5 Å². The summed E-state index contributed by atoms with van der Waals surface area (Å²) in [6.07, 6.45) is 3.50. The van der Waals surface area contributed by atoms with E-state index in [1.807, 2.05) is 26.0 Å². The van der Waals surface area contributed by atoms with E-state index in [2.05, 4.69) is 56.4 Å². The third-order valence-electron chi connectivity index (χ3n) is 7.66. The molecule has 0 radical (unpaired) electrons. The molecule has 3 N–H and O–H groups in total. The van der Waals surface area contributed by atoms with Crippen LogP contribution in [0, 0.1) is 5.92 Å². The minimum Gasteiger partial charge on any atom is -0.399 e. The fourth-order valence-electron chi connectivity index (χ4n) is 5.54. The summed E-state index contributed by atoms with van der Waals surface area (Å²) in [4.78, 5) is 31.1. The van der Waals surface area contributed by atoms with Crippen LogP contribution in [0.5, 0.6) is 0 Å². The van der Waals surface area contributed by atoms with E-state index in [0.717, 1.165) is 56.4 Å². The molecule has 7 nitrogen and oxygen atoms in total. The summed E-state index contributed by atoms with van der Waals surface area (Å²) in [7, 11) is 0. The first-order chi connectivity index (χ1) is 17.5. The van der Waals surface area contributed by atoms with E-state index >= 15 is 0 Å². The van der Waals surface area contributed by atoms with Crippen molar-refractivity contribution in [2.75, 3.05) is 61.3 Å². The van der Waals surface area contributed by atoms with Gasteiger partial charge in [0, 0.05) is 69.3 Å². The summed E-state index contributed by atoms with van der Waals surface area (Å²) in [5, 5.41) is 2.46. The Morgan fingerprint density at radius 3 is 1.92 bits per heavy atom. The van der Waals surface area contributed by atoms with Crippen molar-refractivity contribution in [2.45, 2.75) is 45.4 Å². The number of carbonyl (C=O) groups is 2. The molecule has 7 heteroatoms. The largest absolute Gasteiger partial charge is 0.399 e. The lowest BCUT2D eigenvalue weighted by molar-refractivity contribution is -0.134. The SMILES string of the molecule is CC.Nc1ccc(N2CCC(CN3CCN(c4ccc(C5CCC(=O)NC5=O)cc4)CC3)CC2)cc1. The fourth-order valence-corrected chi connectivity index (χ4v) is 5.54. The van der Waals surface area contributed by atoms with Crippen LogP contribution < -0.4 is 20.9 Å². The first kappa shape index (κ1) is 26.0. The maximum Gasteiger partial charge on any atom is 0.234 e. The number of rotatable bonds is 5. The molecule has 0 spiro atoms. The molecule has 0 saturated carbocycles. The van der Waals surface area contributed by atoms with E-state index in [1.165, 1.54) is 30.8 Å². The molecule has 2 aromatic carbocycles. The summed E-state index contributed by atoms with van der Waals surface area (Å²) in [6, 6.07) is 16.6. The number of nitrogen functional groups attached to an aromatic ring is 1. The highest BCUT2D eigenvalue weighted by atomic mass is 16.2. The van der Waals surface area contributed by atoms with E-state index in [-0.39, 0.29) is 17.7 Å². The molecule has 3 fully saturated rings. The Labute approximate surface area is 215 Å². The zero-order valence-electron chi connectivity index (χ0n) is 21.8. The second-order valence-corrected chi connectivity index (χ2v) is 9.90. The molecule has 3 aliphatic rings. The van der Waals surface area contributed by atoms with Gasteiger partial charge in [-0.05, 0) is 67.1 Å². The van der Waals surface area contributed by atoms with Crippen LogP contribution in [0.25, 0.3) is 0 Å². The molecular weight excluding hydrogens is 450 g/mol. The predicted octanol–water partition coefficient (Wildman–Crippen LogP) is 3.85. The summed E-state index contributed by atoms with van der Waals surface area (Å²) in [6.45, 7) is 11.7. The highest BCUT2D eigenvalue weighted by Crippen LogP contribution is 2.28. The van der Waals surface area contributed by atoms with Crippen molar-refractivity contribution < 1.29 is 9.59 Å². The molecule has 194 valence electrons. The monoisotopic (exact) mass is 491 g/mol. The van der Waals surface area contributed by atoms with Gasteiger partial charge in [-0.25, -0.2) is 0 Å². The lowest BCUT2D eigenvalue weighted by Gasteiger charge is -2.40. The second-order valence-electron chi connectivity index (χ2n) is 9.90. The molecule has 0 bridgehead atoms. The van der Waals surface area contributed by atoms with Crippen molar-refractivity contribution in [3.05, 3.63) is 54.1 Å². The van der Waals surface area contributed by atoms with Crippen LogP contribution in [-0.4, -0.2) is 62.5 Å². The van der Waals surface area contributed by atoms with Gasteiger partial charge >= 0.3 is 0 Å². The Balaban J connectivity index is 0.00000148. The normalized spacial score (nSPS) is 21.6. The van der Waals surface area contributed by atoms with Gasteiger partial charge in [0.05, 0.1) is 5.92 Å². The average Bonchev–Trinajstić information content (AvgIpc) is 2.92. The number of imide groups is 1. The number of hydrogen-bond donors (Lipinski definition) is 2. The third-order valence-corrected chi connectivity index (χ3v) is 7.66. The van der Waals surface area contributed by atoms with Gasteiger partial charge in [0.1, 0.15) is 0 Å². The molecule has 0 aromatic heterocycles. The first-order valence-corrected chi connectivity index (χ1v) is 13.6. The number of nitrogens with two attached hydrogens (primary N) is 1. The van der Waals surface area contributed by atoms with Crippen LogP contribution in [0.2, 0.25) is 0 Å². The minimum absolute atomic E-state index is 0.164. The molecule has 0 aliphatic carbocycles. The quantitative estimate of drug-likeness (QED) is 0.488. The van der Waals surface area contributed by atoms with Crippen LogP contribution >= 0.6 is 0 Å². The molecule has 3 aliphatic heterocycles. The van der Waals surface area contributed by atoms with Crippen LogP contribution in [0.4, 0.5) is 17.1 Å². The van der Waals surface area contributed by atoms with Crippen molar-refractivity contribution in [1.82, 2.24) is 10.2 Å². The van der Waals surface area contributed by atoms with Crippen molar-refractivity contribution in [3.63, 3.8) is 0 Å². The Morgan fingerprint density at radius 2 is 1.33 bits per heavy atom. The standard InChI is InChI=1S/C27H35N5O2.C2H6/c28-22-3-7-24(8-4-22)31-13-11-20(12-14-31)19-30-15-17-32(18-16-30)23-5-1-21(2-6-23)25-9-10-26(33)29-27(25)34;1-2/h1-8,20,25H,9-19,28H2,(H,29,33,34);1-2H3. The number of benzene rings is 2. The van der Waals surface area contributed by atoms with Crippen LogP contribution in [0.15, 0.2) is 48.5 Å². The second kappa shape index (κ2) is 12.3. The average molecular weight is 492 g/mol. The van der Waals surface area contributed by atoms with Crippen molar-refractivity contribution >= 4 is 28.9 Å². The molecule has 3 heterocycles. The first-order valence-electron chi connectivity index (χ1n) is 13.6. The molecule has 1 unspecified atom stereocenters. The molecule has 2 amide bonds. The minimum atomic E-state index is -0.213. The van der Waals surface area contributed by atoms with Gasteiger partial charge in [-0.3, -0.25) is 19.8 Å². The highest BCUT2D eigenvalue weighted by molar-refractivity contribution is 6.00. The highest BCUT2D eigenvalue weighted by Gasteiger charge is 2.28. The maximum atomic E-state index is 12.1. The van der Waals surface area contributed by atoms with Crippen LogP contribution in [0.3, 0.4) is 0 Å².